The van der Waals surface area contributed by atoms with Crippen LogP contribution in [-0.4, -0.2) is 48.3 Å². The molecule has 13 heavy (non-hydrogen) atoms. The smallest absolute Gasteiger partial charge is 0.0597 e. The average molecular weight is 186 g/mol. The molecule has 1 rings (SSSR count). The molecule has 0 aromatic heterocycles. The molecular formula is C10H22N2O. The molecule has 0 heterocycles. The fourth-order valence-electron chi connectivity index (χ4n) is 1.54. The molecule has 0 spiro atoms. The Morgan fingerprint density at radius 1 is 1.38 bits per heavy atom. The summed E-state index contributed by atoms with van der Waals surface area (Å²) in [6.07, 6.45) is 2.57. The van der Waals surface area contributed by atoms with Crippen LogP contribution in [0.2, 0.25) is 0 Å². The van der Waals surface area contributed by atoms with E-state index in [-0.39, 0.29) is 12.6 Å². The molecule has 1 unspecified atom stereocenters. The first-order chi connectivity index (χ1) is 6.30. The zero-order valence-electron chi connectivity index (χ0n) is 8.79. The van der Waals surface area contributed by atoms with E-state index >= 15 is 0 Å². The molecule has 0 aromatic carbocycles. The second-order valence-electron chi connectivity index (χ2n) is 3.81. The van der Waals surface area contributed by atoms with Gasteiger partial charge in [0.15, 0.2) is 0 Å². The fourth-order valence-corrected chi connectivity index (χ4v) is 1.54. The van der Waals surface area contributed by atoms with Crippen LogP contribution in [-0.2, 0) is 0 Å². The van der Waals surface area contributed by atoms with Crippen LogP contribution in [0.1, 0.15) is 26.7 Å². The first-order valence-electron chi connectivity index (χ1n) is 5.39. The minimum absolute atomic E-state index is 0.257. The molecule has 78 valence electrons. The average Bonchev–Trinajstić information content (AvgIpc) is 2.95. The SMILES string of the molecule is CCN(CC)CC(CO)NC1CC1. The van der Waals surface area contributed by atoms with Gasteiger partial charge in [0.05, 0.1) is 6.61 Å². The summed E-state index contributed by atoms with van der Waals surface area (Å²) >= 11 is 0. The minimum Gasteiger partial charge on any atom is -0.395 e. The summed E-state index contributed by atoms with van der Waals surface area (Å²) in [6.45, 7) is 7.69. The third kappa shape index (κ3) is 4.07. The van der Waals surface area contributed by atoms with Crippen LogP contribution in [0.15, 0.2) is 0 Å². The lowest BCUT2D eigenvalue weighted by Gasteiger charge is -2.24. The van der Waals surface area contributed by atoms with Crippen LogP contribution in [0, 0.1) is 0 Å². The van der Waals surface area contributed by atoms with E-state index < -0.39 is 0 Å². The lowest BCUT2D eigenvalue weighted by atomic mass is 10.2. The van der Waals surface area contributed by atoms with E-state index in [1.807, 2.05) is 0 Å². The van der Waals surface area contributed by atoms with Crippen LogP contribution in [0.5, 0.6) is 0 Å². The molecule has 3 heteroatoms. The third-order valence-electron chi connectivity index (χ3n) is 2.64. The Morgan fingerprint density at radius 3 is 2.38 bits per heavy atom. The van der Waals surface area contributed by atoms with Gasteiger partial charge in [0.1, 0.15) is 0 Å². The molecular weight excluding hydrogens is 164 g/mol. The fraction of sp³-hybridized carbons (Fsp3) is 1.00. The quantitative estimate of drug-likeness (QED) is 0.605. The van der Waals surface area contributed by atoms with Crippen molar-refractivity contribution in [2.75, 3.05) is 26.2 Å². The zero-order chi connectivity index (χ0) is 9.68. The highest BCUT2D eigenvalue weighted by atomic mass is 16.3. The molecule has 0 amide bonds. The monoisotopic (exact) mass is 186 g/mol. The molecule has 0 radical (unpaired) electrons. The molecule has 1 saturated carbocycles. The van der Waals surface area contributed by atoms with Gasteiger partial charge < -0.3 is 15.3 Å². The number of likely N-dealkylation sites (N-methyl/N-ethyl adjacent to an activating group) is 1. The van der Waals surface area contributed by atoms with E-state index in [4.69, 9.17) is 5.11 Å². The lowest BCUT2D eigenvalue weighted by Crippen LogP contribution is -2.44. The van der Waals surface area contributed by atoms with Crippen molar-refractivity contribution < 1.29 is 5.11 Å². The zero-order valence-corrected chi connectivity index (χ0v) is 8.79. The number of rotatable bonds is 7. The van der Waals surface area contributed by atoms with E-state index in [1.54, 1.807) is 0 Å². The van der Waals surface area contributed by atoms with Crippen molar-refractivity contribution in [3.63, 3.8) is 0 Å². The van der Waals surface area contributed by atoms with Crippen molar-refractivity contribution in [2.45, 2.75) is 38.8 Å². The predicted octanol–water partition coefficient (Wildman–Crippen LogP) is 0.441. The van der Waals surface area contributed by atoms with Gasteiger partial charge >= 0.3 is 0 Å². The van der Waals surface area contributed by atoms with Crippen LogP contribution >= 0.6 is 0 Å². The summed E-state index contributed by atoms with van der Waals surface area (Å²) in [5, 5.41) is 12.6. The van der Waals surface area contributed by atoms with Crippen LogP contribution < -0.4 is 5.32 Å². The van der Waals surface area contributed by atoms with Gasteiger partial charge in [0, 0.05) is 18.6 Å². The van der Waals surface area contributed by atoms with Crippen LogP contribution in [0.3, 0.4) is 0 Å². The van der Waals surface area contributed by atoms with Gasteiger partial charge in [0.25, 0.3) is 0 Å². The molecule has 2 N–H and O–H groups in total. The highest BCUT2D eigenvalue weighted by Gasteiger charge is 2.24. The Kier molecular flexibility index (Phi) is 4.70. The maximum atomic E-state index is 9.15. The number of nitrogens with zero attached hydrogens (tertiary/aromatic N) is 1. The van der Waals surface area contributed by atoms with Gasteiger partial charge in [-0.3, -0.25) is 0 Å². The molecule has 1 aliphatic rings. The first kappa shape index (κ1) is 11.0. The summed E-state index contributed by atoms with van der Waals surface area (Å²) in [5.74, 6) is 0. The van der Waals surface area contributed by atoms with Crippen molar-refractivity contribution >= 4 is 0 Å². The number of hydrogen-bond donors (Lipinski definition) is 2. The van der Waals surface area contributed by atoms with E-state index in [0.717, 1.165) is 19.6 Å². The van der Waals surface area contributed by atoms with Crippen LogP contribution in [0.25, 0.3) is 0 Å². The summed E-state index contributed by atoms with van der Waals surface area (Å²) < 4.78 is 0. The predicted molar refractivity (Wildman–Crippen MR) is 54.8 cm³/mol. The van der Waals surface area contributed by atoms with Gasteiger partial charge in [0.2, 0.25) is 0 Å². The molecule has 3 nitrogen and oxygen atoms in total. The summed E-state index contributed by atoms with van der Waals surface area (Å²) in [4.78, 5) is 2.34. The Labute approximate surface area is 81.1 Å². The number of nitrogens with one attached hydrogen (secondary N) is 1. The van der Waals surface area contributed by atoms with Gasteiger partial charge in [-0.1, -0.05) is 13.8 Å². The van der Waals surface area contributed by atoms with Gasteiger partial charge in [-0.05, 0) is 25.9 Å². The minimum atomic E-state index is 0.257. The topological polar surface area (TPSA) is 35.5 Å². The van der Waals surface area contributed by atoms with Gasteiger partial charge in [-0.2, -0.15) is 0 Å². The van der Waals surface area contributed by atoms with Crippen LogP contribution in [0.4, 0.5) is 0 Å². The van der Waals surface area contributed by atoms with Gasteiger partial charge in [-0.15, -0.1) is 0 Å². The van der Waals surface area contributed by atoms with Crippen molar-refractivity contribution in [3.05, 3.63) is 0 Å². The Balaban J connectivity index is 2.19. The third-order valence-corrected chi connectivity index (χ3v) is 2.64. The molecule has 0 saturated heterocycles. The largest absolute Gasteiger partial charge is 0.395 e. The number of aliphatic hydroxyl groups is 1. The molecule has 1 atom stereocenters. The first-order valence-corrected chi connectivity index (χ1v) is 5.39. The molecule has 0 aromatic rings. The van der Waals surface area contributed by atoms with Crippen molar-refractivity contribution in [3.8, 4) is 0 Å². The number of aliphatic hydroxyl groups excluding tert-OH is 1. The van der Waals surface area contributed by atoms with E-state index in [1.165, 1.54) is 12.8 Å². The second-order valence-corrected chi connectivity index (χ2v) is 3.81. The van der Waals surface area contributed by atoms with E-state index in [9.17, 15) is 0 Å². The molecule has 1 aliphatic carbocycles. The van der Waals surface area contributed by atoms with Crippen molar-refractivity contribution in [2.24, 2.45) is 0 Å². The standard InChI is InChI=1S/C10H22N2O/c1-3-12(4-2)7-10(8-13)11-9-5-6-9/h9-11,13H,3-8H2,1-2H3. The maximum Gasteiger partial charge on any atom is 0.0597 e. The maximum absolute atomic E-state index is 9.15. The van der Waals surface area contributed by atoms with Crippen molar-refractivity contribution in [1.82, 2.24) is 10.2 Å². The van der Waals surface area contributed by atoms with E-state index in [2.05, 4.69) is 24.1 Å². The number of hydrogen-bond acceptors (Lipinski definition) is 3. The summed E-state index contributed by atoms with van der Waals surface area (Å²) in [6, 6.07) is 0.958. The molecule has 1 fully saturated rings. The summed E-state index contributed by atoms with van der Waals surface area (Å²) in [5.41, 5.74) is 0. The Hall–Kier alpha value is -0.120. The van der Waals surface area contributed by atoms with Gasteiger partial charge in [-0.25, -0.2) is 0 Å². The Bertz CT molecular complexity index is 133. The summed E-state index contributed by atoms with van der Waals surface area (Å²) in [7, 11) is 0. The Morgan fingerprint density at radius 2 is 2.00 bits per heavy atom. The second kappa shape index (κ2) is 5.58. The molecule has 0 aliphatic heterocycles. The van der Waals surface area contributed by atoms with Crippen molar-refractivity contribution in [1.29, 1.82) is 0 Å². The highest BCUT2D eigenvalue weighted by Crippen LogP contribution is 2.19. The normalized spacial score (nSPS) is 19.4. The highest BCUT2D eigenvalue weighted by molar-refractivity contribution is 4.85. The lowest BCUT2D eigenvalue weighted by molar-refractivity contribution is 0.188. The van der Waals surface area contributed by atoms with E-state index in [0.29, 0.717) is 6.04 Å². The molecule has 0 bridgehead atoms.